The van der Waals surface area contributed by atoms with Gasteiger partial charge in [0, 0.05) is 56.2 Å². The Hall–Kier alpha value is -5.13. The lowest BCUT2D eigenvalue weighted by molar-refractivity contribution is 0.0386. The third-order valence-corrected chi connectivity index (χ3v) is 8.61. The second-order valence-electron chi connectivity index (χ2n) is 11.4. The lowest BCUT2D eigenvalue weighted by atomic mass is 10.0. The Morgan fingerprint density at radius 2 is 1.76 bits per heavy atom. The number of methoxy groups -OCH3 is 1. The number of nitrogens with two attached hydrogens (primary N) is 1. The first kappa shape index (κ1) is 30.9. The molecule has 3 aromatic carbocycles. The van der Waals surface area contributed by atoms with Crippen LogP contribution in [0.4, 0.5) is 15.9 Å². The van der Waals surface area contributed by atoms with Gasteiger partial charge in [0.05, 0.1) is 29.4 Å². The smallest absolute Gasteiger partial charge is 0.284 e. The lowest BCUT2D eigenvalue weighted by Crippen LogP contribution is -2.36. The largest absolute Gasteiger partial charge is 0.382 e. The SMILES string of the molecule is COC1CCN(Cc2cccc(-c3cnc(N)c(-c4ccc(NC(=O)c5c(C)n(C)n(-c6ccccc6)c5=O)cc4)n3)c2F)CC1. The summed E-state index contributed by atoms with van der Waals surface area (Å²) < 4.78 is 24.4. The highest BCUT2D eigenvalue weighted by molar-refractivity contribution is 6.05. The number of nitrogens with one attached hydrogen (secondary N) is 1. The molecule has 3 heterocycles. The van der Waals surface area contributed by atoms with Gasteiger partial charge in [0.25, 0.3) is 11.5 Å². The summed E-state index contributed by atoms with van der Waals surface area (Å²) in [7, 11) is 3.47. The molecule has 1 amide bonds. The summed E-state index contributed by atoms with van der Waals surface area (Å²) >= 11 is 0. The number of rotatable bonds is 8. The summed E-state index contributed by atoms with van der Waals surface area (Å²) in [5.74, 6) is -0.651. The molecule has 236 valence electrons. The molecule has 2 aromatic heterocycles. The number of nitrogens with zero attached hydrogens (tertiary/aromatic N) is 5. The van der Waals surface area contributed by atoms with E-state index in [1.807, 2.05) is 36.4 Å². The number of nitrogen functional groups attached to an aromatic ring is 1. The highest BCUT2D eigenvalue weighted by Crippen LogP contribution is 2.30. The van der Waals surface area contributed by atoms with Crippen molar-refractivity contribution in [1.29, 1.82) is 0 Å². The van der Waals surface area contributed by atoms with E-state index in [9.17, 15) is 9.59 Å². The van der Waals surface area contributed by atoms with Crippen LogP contribution in [-0.2, 0) is 18.3 Å². The van der Waals surface area contributed by atoms with E-state index in [0.29, 0.717) is 51.7 Å². The van der Waals surface area contributed by atoms with Gasteiger partial charge >= 0.3 is 0 Å². The zero-order chi connectivity index (χ0) is 32.4. The van der Waals surface area contributed by atoms with E-state index < -0.39 is 11.5 Å². The standard InChI is InChI=1S/C35H36FN7O3/c1-22-30(35(45)43(41(22)2)26-9-5-4-6-10-26)34(44)39-25-14-12-23(13-15-25)32-33(37)38-20-29(40-32)28-11-7-8-24(31(28)36)21-42-18-16-27(46-3)17-19-42/h4-15,20,27H,16-19,21H2,1-3H3,(H2,37,38)(H,39,44). The third kappa shape index (κ3) is 6.07. The minimum atomic E-state index is -0.514. The molecule has 11 heteroatoms. The summed E-state index contributed by atoms with van der Waals surface area (Å²) in [5, 5.41) is 2.82. The molecule has 0 spiro atoms. The molecule has 0 radical (unpaired) electrons. The first-order valence-corrected chi connectivity index (χ1v) is 15.2. The summed E-state index contributed by atoms with van der Waals surface area (Å²) in [6.45, 7) is 3.93. The summed E-state index contributed by atoms with van der Waals surface area (Å²) in [6.07, 6.45) is 3.58. The fourth-order valence-electron chi connectivity index (χ4n) is 5.92. The van der Waals surface area contributed by atoms with E-state index in [2.05, 4.69) is 15.2 Å². The van der Waals surface area contributed by atoms with Crippen molar-refractivity contribution in [2.75, 3.05) is 31.2 Å². The van der Waals surface area contributed by atoms with Crippen LogP contribution in [-0.4, -0.2) is 56.4 Å². The van der Waals surface area contributed by atoms with Gasteiger partial charge in [-0.05, 0) is 50.1 Å². The molecular weight excluding hydrogens is 585 g/mol. The fraction of sp³-hybridized carbons (Fsp3) is 0.257. The van der Waals surface area contributed by atoms with E-state index in [1.165, 1.54) is 10.9 Å². The van der Waals surface area contributed by atoms with Crippen molar-refractivity contribution in [2.24, 2.45) is 7.05 Å². The molecule has 46 heavy (non-hydrogen) atoms. The number of likely N-dealkylation sites (tertiary alicyclic amines) is 1. The lowest BCUT2D eigenvalue weighted by Gasteiger charge is -2.31. The molecule has 5 aromatic rings. The molecule has 1 saturated heterocycles. The number of hydrogen-bond acceptors (Lipinski definition) is 7. The number of anilines is 2. The average Bonchev–Trinajstić information content (AvgIpc) is 3.30. The van der Waals surface area contributed by atoms with Crippen molar-refractivity contribution < 1.29 is 13.9 Å². The maximum absolute atomic E-state index is 15.8. The molecule has 1 aliphatic rings. The molecule has 1 aliphatic heterocycles. The summed E-state index contributed by atoms with van der Waals surface area (Å²) in [4.78, 5) is 37.7. The van der Waals surface area contributed by atoms with Crippen molar-refractivity contribution in [2.45, 2.75) is 32.4 Å². The van der Waals surface area contributed by atoms with Crippen LogP contribution < -0.4 is 16.6 Å². The summed E-state index contributed by atoms with van der Waals surface area (Å²) in [5.41, 5.74) is 9.90. The van der Waals surface area contributed by atoms with Crippen LogP contribution in [0.1, 0.15) is 34.5 Å². The second-order valence-corrected chi connectivity index (χ2v) is 11.4. The van der Waals surface area contributed by atoms with Crippen molar-refractivity contribution in [3.63, 3.8) is 0 Å². The van der Waals surface area contributed by atoms with Crippen molar-refractivity contribution in [3.05, 3.63) is 112 Å². The molecular formula is C35H36FN7O3. The van der Waals surface area contributed by atoms with Crippen molar-refractivity contribution in [3.8, 4) is 28.2 Å². The highest BCUT2D eigenvalue weighted by atomic mass is 19.1. The van der Waals surface area contributed by atoms with Gasteiger partial charge in [-0.25, -0.2) is 19.0 Å². The predicted molar refractivity (Wildman–Crippen MR) is 176 cm³/mol. The number of piperidine rings is 1. The molecule has 0 bridgehead atoms. The Labute approximate surface area is 266 Å². The first-order valence-electron chi connectivity index (χ1n) is 15.2. The van der Waals surface area contributed by atoms with Gasteiger partial charge < -0.3 is 15.8 Å². The number of carbonyl (C=O) groups is 1. The zero-order valence-corrected chi connectivity index (χ0v) is 26.0. The molecule has 6 rings (SSSR count). The molecule has 0 atom stereocenters. The number of benzene rings is 3. The van der Waals surface area contributed by atoms with Crippen LogP contribution in [0.2, 0.25) is 0 Å². The normalized spacial score (nSPS) is 14.0. The molecule has 0 unspecified atom stereocenters. The molecule has 1 fully saturated rings. The minimum Gasteiger partial charge on any atom is -0.382 e. The predicted octanol–water partition coefficient (Wildman–Crippen LogP) is 5.19. The average molecular weight is 622 g/mol. The van der Waals surface area contributed by atoms with Gasteiger partial charge in [-0.1, -0.05) is 42.5 Å². The number of para-hydroxylation sites is 1. The Morgan fingerprint density at radius 3 is 2.46 bits per heavy atom. The van der Waals surface area contributed by atoms with Crippen LogP contribution in [0.5, 0.6) is 0 Å². The van der Waals surface area contributed by atoms with E-state index in [1.54, 1.807) is 62.2 Å². The van der Waals surface area contributed by atoms with Gasteiger partial charge in [-0.3, -0.25) is 19.2 Å². The Morgan fingerprint density at radius 1 is 1.04 bits per heavy atom. The van der Waals surface area contributed by atoms with Gasteiger partial charge in [-0.15, -0.1) is 0 Å². The summed E-state index contributed by atoms with van der Waals surface area (Å²) in [6, 6.07) is 21.4. The van der Waals surface area contributed by atoms with Gasteiger partial charge in [-0.2, -0.15) is 0 Å². The van der Waals surface area contributed by atoms with E-state index in [0.717, 1.165) is 25.9 Å². The zero-order valence-electron chi connectivity index (χ0n) is 26.0. The van der Waals surface area contributed by atoms with Crippen LogP contribution in [0, 0.1) is 12.7 Å². The van der Waals surface area contributed by atoms with Crippen LogP contribution in [0.3, 0.4) is 0 Å². The van der Waals surface area contributed by atoms with Crippen LogP contribution in [0.25, 0.3) is 28.2 Å². The molecule has 3 N–H and O–H groups in total. The van der Waals surface area contributed by atoms with Gasteiger partial charge in [0.1, 0.15) is 22.9 Å². The minimum absolute atomic E-state index is 0.0574. The number of halogens is 1. The third-order valence-electron chi connectivity index (χ3n) is 8.61. The van der Waals surface area contributed by atoms with Gasteiger partial charge in [0.15, 0.2) is 0 Å². The number of carbonyl (C=O) groups excluding carboxylic acids is 1. The Kier molecular flexibility index (Phi) is 8.78. The Bertz CT molecular complexity index is 1930. The fourth-order valence-corrected chi connectivity index (χ4v) is 5.92. The second kappa shape index (κ2) is 13.1. The molecule has 0 aliphatic carbocycles. The number of aromatic nitrogens is 4. The maximum Gasteiger partial charge on any atom is 0.284 e. The topological polar surface area (TPSA) is 120 Å². The number of ether oxygens (including phenoxy) is 1. The Balaban J connectivity index is 1.21. The number of amides is 1. The van der Waals surface area contributed by atoms with Crippen molar-refractivity contribution in [1.82, 2.24) is 24.2 Å². The highest BCUT2D eigenvalue weighted by Gasteiger charge is 2.23. The van der Waals surface area contributed by atoms with Crippen LogP contribution in [0.15, 0.2) is 83.8 Å². The maximum atomic E-state index is 15.8. The molecule has 10 nitrogen and oxygen atoms in total. The van der Waals surface area contributed by atoms with Crippen LogP contribution >= 0.6 is 0 Å². The monoisotopic (exact) mass is 621 g/mol. The number of hydrogen-bond donors (Lipinski definition) is 2. The van der Waals surface area contributed by atoms with E-state index in [4.69, 9.17) is 15.5 Å². The van der Waals surface area contributed by atoms with Gasteiger partial charge in [0.2, 0.25) is 0 Å². The first-order chi connectivity index (χ1) is 22.2. The van der Waals surface area contributed by atoms with Crippen molar-refractivity contribution >= 4 is 17.4 Å². The quantitative estimate of drug-likeness (QED) is 0.245. The molecule has 0 saturated carbocycles. The van der Waals surface area contributed by atoms with E-state index >= 15 is 4.39 Å². The van der Waals surface area contributed by atoms with E-state index in [-0.39, 0.29) is 23.3 Å².